The molecule has 0 saturated carbocycles. The van der Waals surface area contributed by atoms with E-state index in [0.29, 0.717) is 23.8 Å². The number of benzene rings is 3. The smallest absolute Gasteiger partial charge is 0.258 e. The summed E-state index contributed by atoms with van der Waals surface area (Å²) in [6.07, 6.45) is -1.52. The third-order valence-electron chi connectivity index (χ3n) is 8.42. The molecule has 1 saturated heterocycles. The van der Waals surface area contributed by atoms with E-state index in [1.807, 2.05) is 77.1 Å². The average Bonchev–Trinajstić information content (AvgIpc) is 3.62. The van der Waals surface area contributed by atoms with Crippen molar-refractivity contribution in [2.75, 3.05) is 19.3 Å². The number of ether oxygens (including phenoxy) is 3. The summed E-state index contributed by atoms with van der Waals surface area (Å²) in [6.45, 7) is 9.70. The van der Waals surface area contributed by atoms with Crippen LogP contribution in [0.15, 0.2) is 60.7 Å². The van der Waals surface area contributed by atoms with Crippen LogP contribution in [0.3, 0.4) is 0 Å². The van der Waals surface area contributed by atoms with Gasteiger partial charge >= 0.3 is 0 Å². The first kappa shape index (κ1) is 33.2. The number of rotatable bonds is 11. The van der Waals surface area contributed by atoms with Crippen molar-refractivity contribution in [1.29, 1.82) is 0 Å². The van der Waals surface area contributed by atoms with Crippen LogP contribution in [0.25, 0.3) is 0 Å². The van der Waals surface area contributed by atoms with Crippen molar-refractivity contribution in [1.82, 2.24) is 15.5 Å². The summed E-state index contributed by atoms with van der Waals surface area (Å²) in [6, 6.07) is 16.9. The standard InChI is InChI=1S/C35H41N3O7S/c1-21-9-6-7-12-25(21)17-36-33(41)32-35(4,5)46-19-38(32)34(42)30(40)26(15-24-13-14-27-28(16-24)45-20-44-27)37-29(39)18-43-31-22(2)10-8-11-23(31)3/h6-14,16,26,30,32,40H,15,17-20H2,1-5H3,(H,36,41)(H,37,39)/t26-,30-,32+/m0/s1. The van der Waals surface area contributed by atoms with E-state index in [-0.39, 0.29) is 31.6 Å². The lowest BCUT2D eigenvalue weighted by Gasteiger charge is -2.33. The molecule has 0 bridgehead atoms. The Morgan fingerprint density at radius 1 is 1.00 bits per heavy atom. The van der Waals surface area contributed by atoms with E-state index in [2.05, 4.69) is 10.6 Å². The molecule has 244 valence electrons. The number of hydrogen-bond donors (Lipinski definition) is 3. The fourth-order valence-electron chi connectivity index (χ4n) is 5.82. The van der Waals surface area contributed by atoms with Gasteiger partial charge < -0.3 is 34.9 Å². The van der Waals surface area contributed by atoms with Gasteiger partial charge in [-0.25, -0.2) is 0 Å². The van der Waals surface area contributed by atoms with Gasteiger partial charge in [-0.1, -0.05) is 48.5 Å². The maximum Gasteiger partial charge on any atom is 0.258 e. The Bertz CT molecular complexity index is 1590. The quantitative estimate of drug-likeness (QED) is 0.287. The molecule has 11 heteroatoms. The number of aliphatic hydroxyl groups is 1. The van der Waals surface area contributed by atoms with Crippen molar-refractivity contribution < 1.29 is 33.7 Å². The molecule has 0 aliphatic carbocycles. The first-order valence-corrected chi connectivity index (χ1v) is 16.2. The number of carbonyl (C=O) groups excluding carboxylic acids is 3. The lowest BCUT2D eigenvalue weighted by atomic mass is 9.97. The minimum atomic E-state index is -1.64. The van der Waals surface area contributed by atoms with Crippen LogP contribution in [0, 0.1) is 20.8 Å². The molecule has 10 nitrogen and oxygen atoms in total. The first-order chi connectivity index (χ1) is 21.9. The Kier molecular flexibility index (Phi) is 10.1. The summed E-state index contributed by atoms with van der Waals surface area (Å²) < 4.78 is 16.2. The van der Waals surface area contributed by atoms with Crippen molar-refractivity contribution in [3.63, 3.8) is 0 Å². The largest absolute Gasteiger partial charge is 0.483 e. The summed E-state index contributed by atoms with van der Waals surface area (Å²) in [5, 5.41) is 17.4. The third kappa shape index (κ3) is 7.42. The molecule has 3 amide bonds. The van der Waals surface area contributed by atoms with Crippen LogP contribution >= 0.6 is 11.8 Å². The fraction of sp³-hybridized carbons (Fsp3) is 0.400. The molecule has 3 N–H and O–H groups in total. The topological polar surface area (TPSA) is 126 Å². The van der Waals surface area contributed by atoms with Gasteiger partial charge in [-0.3, -0.25) is 14.4 Å². The molecular formula is C35H41N3O7S. The van der Waals surface area contributed by atoms with Crippen LogP contribution in [0.1, 0.15) is 41.7 Å². The van der Waals surface area contributed by atoms with Crippen LogP contribution in [0.5, 0.6) is 17.2 Å². The molecule has 3 atom stereocenters. The highest BCUT2D eigenvalue weighted by Gasteiger charge is 2.49. The molecule has 0 radical (unpaired) electrons. The Morgan fingerprint density at radius 3 is 2.43 bits per heavy atom. The molecule has 2 heterocycles. The Balaban J connectivity index is 1.33. The molecule has 1 fully saturated rings. The molecular weight excluding hydrogens is 606 g/mol. The summed E-state index contributed by atoms with van der Waals surface area (Å²) >= 11 is 1.46. The van der Waals surface area contributed by atoms with Gasteiger partial charge in [0, 0.05) is 11.3 Å². The van der Waals surface area contributed by atoms with Gasteiger partial charge in [-0.05, 0) is 81.0 Å². The van der Waals surface area contributed by atoms with Gasteiger partial charge in [-0.15, -0.1) is 11.8 Å². The van der Waals surface area contributed by atoms with Crippen molar-refractivity contribution in [3.8, 4) is 17.2 Å². The summed E-state index contributed by atoms with van der Waals surface area (Å²) in [4.78, 5) is 42.2. The zero-order chi connectivity index (χ0) is 33.0. The highest BCUT2D eigenvalue weighted by molar-refractivity contribution is 8.00. The minimum Gasteiger partial charge on any atom is -0.483 e. The SMILES string of the molecule is Cc1ccccc1CNC(=O)[C@H]1N(C(=O)[C@@H](O)[C@H](Cc2ccc3c(c2)OCO3)NC(=O)COc2c(C)cccc2C)CSC1(C)C. The molecule has 2 aliphatic rings. The van der Waals surface area contributed by atoms with E-state index in [1.54, 1.807) is 18.2 Å². The van der Waals surface area contributed by atoms with E-state index < -0.39 is 34.7 Å². The second-order valence-corrected chi connectivity index (χ2v) is 13.9. The van der Waals surface area contributed by atoms with Crippen molar-refractivity contribution in [3.05, 3.63) is 88.5 Å². The van der Waals surface area contributed by atoms with Gasteiger partial charge in [0.05, 0.1) is 11.9 Å². The van der Waals surface area contributed by atoms with E-state index in [4.69, 9.17) is 14.2 Å². The Hall–Kier alpha value is -4.22. The number of nitrogens with one attached hydrogen (secondary N) is 2. The number of amides is 3. The number of nitrogens with zero attached hydrogens (tertiary/aromatic N) is 1. The van der Waals surface area contributed by atoms with E-state index >= 15 is 0 Å². The molecule has 2 aliphatic heterocycles. The Morgan fingerprint density at radius 2 is 1.70 bits per heavy atom. The monoisotopic (exact) mass is 647 g/mol. The highest BCUT2D eigenvalue weighted by atomic mass is 32.2. The van der Waals surface area contributed by atoms with Crippen molar-refractivity contribution in [2.24, 2.45) is 0 Å². The molecule has 0 aromatic heterocycles. The maximum atomic E-state index is 14.0. The van der Waals surface area contributed by atoms with E-state index in [0.717, 1.165) is 27.8 Å². The highest BCUT2D eigenvalue weighted by Crippen LogP contribution is 2.40. The Labute approximate surface area is 273 Å². The van der Waals surface area contributed by atoms with Crippen LogP contribution in [-0.4, -0.2) is 69.9 Å². The number of aryl methyl sites for hydroxylation is 3. The van der Waals surface area contributed by atoms with E-state index in [9.17, 15) is 19.5 Å². The minimum absolute atomic E-state index is 0.103. The number of fused-ring (bicyclic) bond motifs is 1. The van der Waals surface area contributed by atoms with Crippen LogP contribution in [-0.2, 0) is 27.3 Å². The molecule has 5 rings (SSSR count). The molecule has 0 spiro atoms. The van der Waals surface area contributed by atoms with Gasteiger partial charge in [0.15, 0.2) is 24.2 Å². The molecule has 3 aromatic rings. The van der Waals surface area contributed by atoms with Crippen LogP contribution < -0.4 is 24.8 Å². The second-order valence-electron chi connectivity index (χ2n) is 12.3. The van der Waals surface area contributed by atoms with Gasteiger partial charge in [-0.2, -0.15) is 0 Å². The normalized spacial score (nSPS) is 17.7. The molecule has 0 unspecified atom stereocenters. The number of thioether (sulfide) groups is 1. The lowest BCUT2D eigenvalue weighted by Crippen LogP contribution is -2.59. The molecule has 3 aromatic carbocycles. The zero-order valence-corrected chi connectivity index (χ0v) is 27.6. The number of para-hydroxylation sites is 1. The van der Waals surface area contributed by atoms with Crippen LogP contribution in [0.2, 0.25) is 0 Å². The van der Waals surface area contributed by atoms with Crippen molar-refractivity contribution in [2.45, 2.75) is 70.5 Å². The fourth-order valence-corrected chi connectivity index (χ4v) is 6.96. The zero-order valence-electron chi connectivity index (χ0n) is 26.8. The molecule has 46 heavy (non-hydrogen) atoms. The summed E-state index contributed by atoms with van der Waals surface area (Å²) in [5.41, 5.74) is 4.53. The summed E-state index contributed by atoms with van der Waals surface area (Å²) in [5.74, 6) is 0.518. The number of aliphatic hydroxyl groups excluding tert-OH is 1. The van der Waals surface area contributed by atoms with Gasteiger partial charge in [0.2, 0.25) is 12.7 Å². The van der Waals surface area contributed by atoms with E-state index in [1.165, 1.54) is 16.7 Å². The maximum absolute atomic E-state index is 14.0. The summed E-state index contributed by atoms with van der Waals surface area (Å²) in [7, 11) is 0. The first-order valence-electron chi connectivity index (χ1n) is 15.3. The van der Waals surface area contributed by atoms with Crippen molar-refractivity contribution >= 4 is 29.5 Å². The number of carbonyl (C=O) groups is 3. The lowest BCUT2D eigenvalue weighted by molar-refractivity contribution is -0.148. The second kappa shape index (κ2) is 14.0. The van der Waals surface area contributed by atoms with Crippen LogP contribution in [0.4, 0.5) is 0 Å². The average molecular weight is 648 g/mol. The van der Waals surface area contributed by atoms with Gasteiger partial charge in [0.1, 0.15) is 11.8 Å². The predicted molar refractivity (Wildman–Crippen MR) is 176 cm³/mol. The van der Waals surface area contributed by atoms with Gasteiger partial charge in [0.25, 0.3) is 11.8 Å². The predicted octanol–water partition coefficient (Wildman–Crippen LogP) is 3.80. The number of hydrogen-bond acceptors (Lipinski definition) is 8. The third-order valence-corrected chi connectivity index (χ3v) is 9.80.